The first-order chi connectivity index (χ1) is 14.2. The predicted octanol–water partition coefficient (Wildman–Crippen LogP) is 3.94. The summed E-state index contributed by atoms with van der Waals surface area (Å²) in [5, 5.41) is 6.73. The van der Waals surface area contributed by atoms with E-state index in [1.807, 2.05) is 12.1 Å². The molecule has 0 radical (unpaired) electrons. The Bertz CT molecular complexity index is 784. The highest BCUT2D eigenvalue weighted by atomic mass is 127. The molecule has 166 valence electrons. The van der Waals surface area contributed by atoms with E-state index in [2.05, 4.69) is 52.9 Å². The Morgan fingerprint density at radius 1 is 1.03 bits per heavy atom. The Hall–Kier alpha value is -2.00. The number of nitrogens with zero attached hydrogens (tertiary/aromatic N) is 1. The first-order valence-electron chi connectivity index (χ1n) is 9.95. The van der Waals surface area contributed by atoms with Crippen LogP contribution in [0.25, 0.3) is 0 Å². The molecular weight excluding hydrogens is 493 g/mol. The van der Waals surface area contributed by atoms with Crippen LogP contribution in [0.2, 0.25) is 0 Å². The maximum absolute atomic E-state index is 5.86. The largest absolute Gasteiger partial charge is 0.497 e. The standard InChI is InChI=1S/C23H33N3O3.HI/c1-18-10-11-20(22(15-18)29-14-13-27-3)17-26-23(24-2)25-12-6-8-19-7-5-9-21(16-19)28-4;/h5,7,9-11,15-16H,6,8,12-14,17H2,1-4H3,(H2,24,25,26);1H. The van der Waals surface area contributed by atoms with Gasteiger partial charge >= 0.3 is 0 Å². The number of nitrogens with one attached hydrogen (secondary N) is 2. The molecule has 0 aliphatic rings. The van der Waals surface area contributed by atoms with Crippen LogP contribution in [0.3, 0.4) is 0 Å². The SMILES string of the molecule is CN=C(NCCCc1cccc(OC)c1)NCc1ccc(C)cc1OCCOC.I. The zero-order valence-electron chi connectivity index (χ0n) is 18.4. The van der Waals surface area contributed by atoms with Gasteiger partial charge in [0, 0.05) is 32.8 Å². The molecule has 0 aliphatic heterocycles. The molecule has 7 heteroatoms. The van der Waals surface area contributed by atoms with Crippen LogP contribution in [0.4, 0.5) is 0 Å². The average Bonchev–Trinajstić information content (AvgIpc) is 2.74. The van der Waals surface area contributed by atoms with E-state index in [0.29, 0.717) is 19.8 Å². The van der Waals surface area contributed by atoms with Gasteiger partial charge in [0.15, 0.2) is 5.96 Å². The molecular formula is C23H34IN3O3. The van der Waals surface area contributed by atoms with E-state index in [4.69, 9.17) is 14.2 Å². The fourth-order valence-electron chi connectivity index (χ4n) is 2.90. The minimum Gasteiger partial charge on any atom is -0.497 e. The molecule has 0 amide bonds. The third-order valence-corrected chi connectivity index (χ3v) is 4.51. The number of aryl methyl sites for hydroxylation is 2. The zero-order valence-corrected chi connectivity index (χ0v) is 20.7. The number of hydrogen-bond donors (Lipinski definition) is 2. The van der Waals surface area contributed by atoms with Gasteiger partial charge in [0.2, 0.25) is 0 Å². The van der Waals surface area contributed by atoms with Gasteiger partial charge in [-0.3, -0.25) is 4.99 Å². The summed E-state index contributed by atoms with van der Waals surface area (Å²) in [6.45, 7) is 4.63. The van der Waals surface area contributed by atoms with E-state index in [1.165, 1.54) is 11.1 Å². The molecule has 0 heterocycles. The van der Waals surface area contributed by atoms with Gasteiger partial charge in [-0.25, -0.2) is 0 Å². The Morgan fingerprint density at radius 3 is 2.60 bits per heavy atom. The fraction of sp³-hybridized carbons (Fsp3) is 0.435. The second-order valence-electron chi connectivity index (χ2n) is 6.76. The Labute approximate surface area is 197 Å². The monoisotopic (exact) mass is 527 g/mol. The van der Waals surface area contributed by atoms with Crippen LogP contribution in [0, 0.1) is 6.92 Å². The lowest BCUT2D eigenvalue weighted by atomic mass is 10.1. The van der Waals surface area contributed by atoms with Crippen LogP contribution in [0.15, 0.2) is 47.5 Å². The number of ether oxygens (including phenoxy) is 3. The molecule has 30 heavy (non-hydrogen) atoms. The van der Waals surface area contributed by atoms with Crippen molar-refractivity contribution in [3.05, 3.63) is 59.2 Å². The highest BCUT2D eigenvalue weighted by molar-refractivity contribution is 14.0. The summed E-state index contributed by atoms with van der Waals surface area (Å²) in [6, 6.07) is 14.4. The highest BCUT2D eigenvalue weighted by Gasteiger charge is 2.06. The second-order valence-corrected chi connectivity index (χ2v) is 6.76. The average molecular weight is 527 g/mol. The minimum atomic E-state index is 0. The molecule has 0 fully saturated rings. The maximum Gasteiger partial charge on any atom is 0.191 e. The smallest absolute Gasteiger partial charge is 0.191 e. The van der Waals surface area contributed by atoms with Crippen molar-refractivity contribution in [2.24, 2.45) is 4.99 Å². The summed E-state index contributed by atoms with van der Waals surface area (Å²) < 4.78 is 16.2. The molecule has 2 rings (SSSR count). The van der Waals surface area contributed by atoms with E-state index >= 15 is 0 Å². The van der Waals surface area contributed by atoms with Gasteiger partial charge in [-0.15, -0.1) is 24.0 Å². The molecule has 2 aromatic rings. The van der Waals surface area contributed by atoms with Gasteiger partial charge in [-0.05, 0) is 49.1 Å². The summed E-state index contributed by atoms with van der Waals surface area (Å²) in [7, 11) is 5.15. The summed E-state index contributed by atoms with van der Waals surface area (Å²) >= 11 is 0. The molecule has 0 saturated heterocycles. The topological polar surface area (TPSA) is 64.1 Å². The van der Waals surface area contributed by atoms with Crippen LogP contribution in [-0.4, -0.2) is 47.0 Å². The lowest BCUT2D eigenvalue weighted by Gasteiger charge is -2.15. The van der Waals surface area contributed by atoms with E-state index in [-0.39, 0.29) is 24.0 Å². The van der Waals surface area contributed by atoms with Gasteiger partial charge in [-0.1, -0.05) is 24.3 Å². The third kappa shape index (κ3) is 9.21. The molecule has 0 aliphatic carbocycles. The van der Waals surface area contributed by atoms with Crippen LogP contribution in [-0.2, 0) is 17.7 Å². The lowest BCUT2D eigenvalue weighted by Crippen LogP contribution is -2.37. The summed E-state index contributed by atoms with van der Waals surface area (Å²) in [5.74, 6) is 2.55. The van der Waals surface area contributed by atoms with Gasteiger partial charge in [-0.2, -0.15) is 0 Å². The van der Waals surface area contributed by atoms with Crippen LogP contribution in [0.1, 0.15) is 23.1 Å². The van der Waals surface area contributed by atoms with Crippen molar-refractivity contribution in [1.82, 2.24) is 10.6 Å². The fourth-order valence-corrected chi connectivity index (χ4v) is 2.90. The van der Waals surface area contributed by atoms with Crippen LogP contribution < -0.4 is 20.1 Å². The molecule has 6 nitrogen and oxygen atoms in total. The van der Waals surface area contributed by atoms with Crippen molar-refractivity contribution >= 4 is 29.9 Å². The number of aliphatic imine (C=N–C) groups is 1. The quantitative estimate of drug-likeness (QED) is 0.201. The van der Waals surface area contributed by atoms with Gasteiger partial charge < -0.3 is 24.8 Å². The highest BCUT2D eigenvalue weighted by Crippen LogP contribution is 2.20. The van der Waals surface area contributed by atoms with Crippen molar-refractivity contribution in [3.63, 3.8) is 0 Å². The summed E-state index contributed by atoms with van der Waals surface area (Å²) in [4.78, 5) is 4.31. The van der Waals surface area contributed by atoms with Gasteiger partial charge in [0.25, 0.3) is 0 Å². The maximum atomic E-state index is 5.86. The van der Waals surface area contributed by atoms with Crippen LogP contribution >= 0.6 is 24.0 Å². The molecule has 0 aromatic heterocycles. The van der Waals surface area contributed by atoms with E-state index < -0.39 is 0 Å². The zero-order chi connectivity index (χ0) is 20.9. The normalized spacial score (nSPS) is 10.9. The van der Waals surface area contributed by atoms with Crippen molar-refractivity contribution in [2.75, 3.05) is 41.0 Å². The molecule has 0 atom stereocenters. The molecule has 0 spiro atoms. The second kappa shape index (κ2) is 14.9. The molecule has 0 unspecified atom stereocenters. The van der Waals surface area contributed by atoms with Crippen molar-refractivity contribution < 1.29 is 14.2 Å². The minimum absolute atomic E-state index is 0. The van der Waals surface area contributed by atoms with E-state index in [0.717, 1.165) is 42.4 Å². The lowest BCUT2D eigenvalue weighted by molar-refractivity contribution is 0.145. The van der Waals surface area contributed by atoms with Gasteiger partial charge in [0.1, 0.15) is 18.1 Å². The van der Waals surface area contributed by atoms with Gasteiger partial charge in [0.05, 0.1) is 13.7 Å². The van der Waals surface area contributed by atoms with Crippen molar-refractivity contribution in [2.45, 2.75) is 26.3 Å². The molecule has 2 N–H and O–H groups in total. The van der Waals surface area contributed by atoms with Crippen molar-refractivity contribution in [3.8, 4) is 11.5 Å². The summed E-state index contributed by atoms with van der Waals surface area (Å²) in [6.07, 6.45) is 1.99. The number of hydrogen-bond acceptors (Lipinski definition) is 4. The number of benzene rings is 2. The van der Waals surface area contributed by atoms with E-state index in [1.54, 1.807) is 21.3 Å². The predicted molar refractivity (Wildman–Crippen MR) is 133 cm³/mol. The molecule has 0 saturated carbocycles. The van der Waals surface area contributed by atoms with Crippen LogP contribution in [0.5, 0.6) is 11.5 Å². The number of methoxy groups -OCH3 is 2. The van der Waals surface area contributed by atoms with Crippen molar-refractivity contribution in [1.29, 1.82) is 0 Å². The third-order valence-electron chi connectivity index (χ3n) is 4.51. The molecule has 0 bridgehead atoms. The Kier molecular flexibility index (Phi) is 12.9. The number of halogens is 1. The molecule has 2 aromatic carbocycles. The number of rotatable bonds is 11. The van der Waals surface area contributed by atoms with E-state index in [9.17, 15) is 0 Å². The Balaban J connectivity index is 0.00000450. The Morgan fingerprint density at radius 2 is 1.87 bits per heavy atom. The first-order valence-corrected chi connectivity index (χ1v) is 9.95. The summed E-state index contributed by atoms with van der Waals surface area (Å²) in [5.41, 5.74) is 3.53. The first kappa shape index (κ1) is 26.0. The number of guanidine groups is 1.